The van der Waals surface area contributed by atoms with Gasteiger partial charge in [-0.25, -0.2) is 8.42 Å². The molecule has 0 heterocycles. The summed E-state index contributed by atoms with van der Waals surface area (Å²) < 4.78 is 24.7. The summed E-state index contributed by atoms with van der Waals surface area (Å²) in [5.74, 6) is -0.934. The molecule has 5 nitrogen and oxygen atoms in total. The van der Waals surface area contributed by atoms with Gasteiger partial charge in [-0.05, 0) is 6.42 Å². The molecule has 6 heteroatoms. The molecule has 0 saturated carbocycles. The first-order valence-electron chi connectivity index (χ1n) is 5.24. The highest BCUT2D eigenvalue weighted by molar-refractivity contribution is 7.89. The van der Waals surface area contributed by atoms with Crippen LogP contribution in [0.15, 0.2) is 12.7 Å². The van der Waals surface area contributed by atoms with Gasteiger partial charge in [-0.1, -0.05) is 19.4 Å². The summed E-state index contributed by atoms with van der Waals surface area (Å²) in [6.45, 7) is 5.55. The minimum Gasteiger partial charge on any atom is -0.481 e. The molecule has 0 atom stereocenters. The van der Waals surface area contributed by atoms with E-state index in [-0.39, 0.29) is 25.3 Å². The molecule has 94 valence electrons. The van der Waals surface area contributed by atoms with Crippen LogP contribution in [0.25, 0.3) is 0 Å². The van der Waals surface area contributed by atoms with E-state index in [9.17, 15) is 13.2 Å². The molecule has 0 bridgehead atoms. The zero-order chi connectivity index (χ0) is 12.6. The van der Waals surface area contributed by atoms with E-state index >= 15 is 0 Å². The Morgan fingerprint density at radius 1 is 1.50 bits per heavy atom. The van der Waals surface area contributed by atoms with Gasteiger partial charge in [-0.2, -0.15) is 4.31 Å². The lowest BCUT2D eigenvalue weighted by molar-refractivity contribution is -0.137. The van der Waals surface area contributed by atoms with Crippen LogP contribution in [0.1, 0.15) is 26.2 Å². The second-order valence-corrected chi connectivity index (χ2v) is 5.55. The van der Waals surface area contributed by atoms with E-state index in [1.54, 1.807) is 0 Å². The summed E-state index contributed by atoms with van der Waals surface area (Å²) in [5.41, 5.74) is 0. The molecule has 0 unspecified atom stereocenters. The average Bonchev–Trinajstić information content (AvgIpc) is 2.20. The van der Waals surface area contributed by atoms with E-state index in [2.05, 4.69) is 6.58 Å². The molecule has 0 aliphatic heterocycles. The fraction of sp³-hybridized carbons (Fsp3) is 0.700. The molecule has 0 aliphatic rings. The van der Waals surface area contributed by atoms with Crippen molar-refractivity contribution in [3.05, 3.63) is 12.7 Å². The van der Waals surface area contributed by atoms with Crippen LogP contribution in [0.2, 0.25) is 0 Å². The number of carbonyl (C=O) groups is 1. The predicted octanol–water partition coefficient (Wildman–Crippen LogP) is 1.08. The van der Waals surface area contributed by atoms with Crippen LogP contribution in [-0.4, -0.2) is 42.6 Å². The highest BCUT2D eigenvalue weighted by Gasteiger charge is 2.20. The van der Waals surface area contributed by atoms with Crippen molar-refractivity contribution in [2.45, 2.75) is 26.2 Å². The molecule has 0 aromatic heterocycles. The van der Waals surface area contributed by atoms with Crippen LogP contribution >= 0.6 is 0 Å². The van der Waals surface area contributed by atoms with E-state index in [1.165, 1.54) is 10.4 Å². The van der Waals surface area contributed by atoms with Crippen molar-refractivity contribution in [2.24, 2.45) is 0 Å². The Labute approximate surface area is 96.8 Å². The average molecular weight is 249 g/mol. The molecule has 0 rings (SSSR count). The quantitative estimate of drug-likeness (QED) is 0.620. The number of hydrogen-bond donors (Lipinski definition) is 1. The minimum atomic E-state index is -3.34. The molecule has 0 fully saturated rings. The largest absolute Gasteiger partial charge is 0.481 e. The van der Waals surface area contributed by atoms with E-state index in [4.69, 9.17) is 5.11 Å². The zero-order valence-corrected chi connectivity index (χ0v) is 10.4. The summed E-state index contributed by atoms with van der Waals surface area (Å²) in [6.07, 6.45) is 2.66. The Hall–Kier alpha value is -0.880. The first-order valence-corrected chi connectivity index (χ1v) is 6.85. The van der Waals surface area contributed by atoms with Crippen LogP contribution < -0.4 is 0 Å². The maximum absolute atomic E-state index is 11.8. The number of sulfonamides is 1. The smallest absolute Gasteiger partial charge is 0.304 e. The van der Waals surface area contributed by atoms with Gasteiger partial charge in [0.05, 0.1) is 12.2 Å². The number of nitrogens with zero attached hydrogens (tertiary/aromatic N) is 1. The first kappa shape index (κ1) is 15.1. The van der Waals surface area contributed by atoms with Crippen LogP contribution in [0.3, 0.4) is 0 Å². The van der Waals surface area contributed by atoms with Gasteiger partial charge in [0.25, 0.3) is 0 Å². The van der Waals surface area contributed by atoms with Gasteiger partial charge in [0.2, 0.25) is 10.0 Å². The number of unbranched alkanes of at least 4 members (excludes halogenated alkanes) is 1. The Morgan fingerprint density at radius 2 is 2.12 bits per heavy atom. The molecule has 1 N–H and O–H groups in total. The van der Waals surface area contributed by atoms with E-state index in [0.717, 1.165) is 6.42 Å². The van der Waals surface area contributed by atoms with Gasteiger partial charge < -0.3 is 5.11 Å². The minimum absolute atomic E-state index is 0.00734. The Kier molecular flexibility index (Phi) is 7.00. The zero-order valence-electron chi connectivity index (χ0n) is 9.55. The van der Waals surface area contributed by atoms with E-state index < -0.39 is 16.0 Å². The lowest BCUT2D eigenvalue weighted by atomic mass is 10.4. The summed E-state index contributed by atoms with van der Waals surface area (Å²) >= 11 is 0. The van der Waals surface area contributed by atoms with Gasteiger partial charge in [-0.15, -0.1) is 6.58 Å². The predicted molar refractivity (Wildman–Crippen MR) is 62.7 cm³/mol. The van der Waals surface area contributed by atoms with Gasteiger partial charge in [0.15, 0.2) is 0 Å². The topological polar surface area (TPSA) is 74.7 Å². The second kappa shape index (κ2) is 7.40. The Balaban J connectivity index is 4.49. The molecule has 0 radical (unpaired) electrons. The van der Waals surface area contributed by atoms with Gasteiger partial charge in [0.1, 0.15) is 0 Å². The highest BCUT2D eigenvalue weighted by Crippen LogP contribution is 2.06. The SMILES string of the molecule is C=CCN(CCC(=O)O)S(=O)(=O)CCCC. The van der Waals surface area contributed by atoms with Crippen molar-refractivity contribution in [1.82, 2.24) is 4.31 Å². The van der Waals surface area contributed by atoms with Gasteiger partial charge in [-0.3, -0.25) is 4.79 Å². The van der Waals surface area contributed by atoms with Crippen molar-refractivity contribution in [2.75, 3.05) is 18.8 Å². The highest BCUT2D eigenvalue weighted by atomic mass is 32.2. The molecule has 0 aromatic carbocycles. The van der Waals surface area contributed by atoms with Crippen LogP contribution in [0.4, 0.5) is 0 Å². The molecule has 0 spiro atoms. The molecule has 0 saturated heterocycles. The normalized spacial score (nSPS) is 11.6. The molecular formula is C10H19NO4S. The summed E-state index contributed by atoms with van der Waals surface area (Å²) in [6, 6.07) is 0. The van der Waals surface area contributed by atoms with E-state index in [0.29, 0.717) is 6.42 Å². The maximum Gasteiger partial charge on any atom is 0.304 e. The van der Waals surface area contributed by atoms with Crippen LogP contribution in [0, 0.1) is 0 Å². The molecular weight excluding hydrogens is 230 g/mol. The number of hydrogen-bond acceptors (Lipinski definition) is 3. The number of rotatable bonds is 9. The third kappa shape index (κ3) is 5.87. The van der Waals surface area contributed by atoms with Crippen molar-refractivity contribution >= 4 is 16.0 Å². The summed E-state index contributed by atoms with van der Waals surface area (Å²) in [4.78, 5) is 10.4. The maximum atomic E-state index is 11.8. The third-order valence-corrected chi connectivity index (χ3v) is 3.98. The van der Waals surface area contributed by atoms with Crippen LogP contribution in [0.5, 0.6) is 0 Å². The molecule has 16 heavy (non-hydrogen) atoms. The Bertz CT molecular complexity index is 324. The van der Waals surface area contributed by atoms with E-state index in [1.807, 2.05) is 6.92 Å². The molecule has 0 aromatic rings. The Morgan fingerprint density at radius 3 is 2.56 bits per heavy atom. The molecule has 0 aliphatic carbocycles. The van der Waals surface area contributed by atoms with Gasteiger partial charge >= 0.3 is 5.97 Å². The lowest BCUT2D eigenvalue weighted by Crippen LogP contribution is -2.35. The standard InChI is InChI=1S/C10H19NO4S/c1-3-5-9-16(14,15)11(7-4-2)8-6-10(12)13/h4H,2-3,5-9H2,1H3,(H,12,13). The van der Waals surface area contributed by atoms with Crippen molar-refractivity contribution < 1.29 is 18.3 Å². The number of aliphatic carboxylic acids is 1. The van der Waals surface area contributed by atoms with Crippen molar-refractivity contribution in [3.63, 3.8) is 0 Å². The fourth-order valence-corrected chi connectivity index (χ4v) is 2.78. The van der Waals surface area contributed by atoms with Crippen LogP contribution in [-0.2, 0) is 14.8 Å². The van der Waals surface area contributed by atoms with Crippen molar-refractivity contribution in [3.8, 4) is 0 Å². The lowest BCUT2D eigenvalue weighted by Gasteiger charge is -2.19. The van der Waals surface area contributed by atoms with Crippen molar-refractivity contribution in [1.29, 1.82) is 0 Å². The molecule has 0 amide bonds. The van der Waals surface area contributed by atoms with Gasteiger partial charge in [0, 0.05) is 13.1 Å². The summed E-state index contributed by atoms with van der Waals surface area (Å²) in [7, 11) is -3.34. The number of carboxylic acid groups (broad SMARTS) is 1. The summed E-state index contributed by atoms with van der Waals surface area (Å²) in [5, 5.41) is 8.53. The first-order chi connectivity index (χ1) is 7.44. The number of carboxylic acids is 1. The second-order valence-electron chi connectivity index (χ2n) is 3.46. The fourth-order valence-electron chi connectivity index (χ4n) is 1.16. The monoisotopic (exact) mass is 249 g/mol. The third-order valence-electron chi connectivity index (χ3n) is 2.06.